The topological polar surface area (TPSA) is 74.7 Å². The van der Waals surface area contributed by atoms with Crippen molar-refractivity contribution in [3.63, 3.8) is 0 Å². The van der Waals surface area contributed by atoms with E-state index < -0.39 is 6.10 Å². The summed E-state index contributed by atoms with van der Waals surface area (Å²) in [4.78, 5) is 20.8. The van der Waals surface area contributed by atoms with Crippen LogP contribution in [-0.2, 0) is 30.7 Å². The van der Waals surface area contributed by atoms with E-state index in [2.05, 4.69) is 34.3 Å². The van der Waals surface area contributed by atoms with Gasteiger partial charge in [0.25, 0.3) is 5.91 Å². The van der Waals surface area contributed by atoms with Gasteiger partial charge in [0, 0.05) is 36.1 Å². The Morgan fingerprint density at radius 3 is 3.04 bits per heavy atom. The van der Waals surface area contributed by atoms with Crippen molar-refractivity contribution in [2.45, 2.75) is 45.0 Å². The Labute approximate surface area is 163 Å². The lowest BCUT2D eigenvalue weighted by Gasteiger charge is -2.27. The number of pyridine rings is 1. The van der Waals surface area contributed by atoms with Crippen molar-refractivity contribution in [2.75, 3.05) is 19.8 Å². The summed E-state index contributed by atoms with van der Waals surface area (Å²) in [5.74, 6) is -0.104. The van der Waals surface area contributed by atoms with Crippen LogP contribution in [-0.4, -0.2) is 52.8 Å². The second kappa shape index (κ2) is 8.06. The predicted octanol–water partition coefficient (Wildman–Crippen LogP) is 1.75. The number of ether oxygens (including phenoxy) is 1. The van der Waals surface area contributed by atoms with E-state index >= 15 is 0 Å². The molecular weight excluding hydrogens is 362 g/mol. The van der Waals surface area contributed by atoms with Crippen molar-refractivity contribution in [3.8, 4) is 0 Å². The Hall–Kier alpha value is -1.80. The van der Waals surface area contributed by atoms with E-state index in [9.17, 15) is 9.90 Å². The first-order valence-corrected chi connectivity index (χ1v) is 10.3. The molecule has 2 aliphatic heterocycles. The molecule has 4 rings (SSSR count). The van der Waals surface area contributed by atoms with Gasteiger partial charge < -0.3 is 15.2 Å². The molecule has 0 spiro atoms. The van der Waals surface area contributed by atoms with E-state index in [0.29, 0.717) is 6.61 Å². The molecule has 144 valence electrons. The van der Waals surface area contributed by atoms with Crippen LogP contribution in [0.2, 0.25) is 0 Å². The molecule has 2 aliphatic rings. The van der Waals surface area contributed by atoms with Crippen LogP contribution in [0.1, 0.15) is 39.0 Å². The highest BCUT2D eigenvalue weighted by Crippen LogP contribution is 2.29. The highest BCUT2D eigenvalue weighted by molar-refractivity contribution is 7.10. The van der Waals surface area contributed by atoms with Crippen molar-refractivity contribution in [2.24, 2.45) is 0 Å². The fourth-order valence-corrected chi connectivity index (χ4v) is 4.74. The number of aryl methyl sites for hydroxylation is 1. The van der Waals surface area contributed by atoms with Crippen molar-refractivity contribution < 1.29 is 14.6 Å². The Kier molecular flexibility index (Phi) is 5.54. The minimum absolute atomic E-state index is 0.104. The molecule has 2 atom stereocenters. The maximum absolute atomic E-state index is 12.6. The van der Waals surface area contributed by atoms with Crippen molar-refractivity contribution in [1.29, 1.82) is 0 Å². The average Bonchev–Trinajstić information content (AvgIpc) is 3.28. The van der Waals surface area contributed by atoms with E-state index in [4.69, 9.17) is 4.74 Å². The maximum atomic E-state index is 12.6. The summed E-state index contributed by atoms with van der Waals surface area (Å²) in [6, 6.07) is 3.94. The summed E-state index contributed by atoms with van der Waals surface area (Å²) in [5.41, 5.74) is 4.24. The van der Waals surface area contributed by atoms with Gasteiger partial charge in [0.15, 0.2) is 0 Å². The van der Waals surface area contributed by atoms with Gasteiger partial charge in [-0.1, -0.05) is 13.0 Å². The predicted molar refractivity (Wildman–Crippen MR) is 104 cm³/mol. The number of fused-ring (bicyclic) bond motifs is 1. The number of aliphatic hydroxyl groups excluding tert-OH is 1. The van der Waals surface area contributed by atoms with Crippen LogP contribution in [0.15, 0.2) is 23.7 Å². The minimum atomic E-state index is -0.620. The number of aliphatic hydroxyl groups is 1. The monoisotopic (exact) mass is 387 g/mol. The van der Waals surface area contributed by atoms with E-state index in [-0.39, 0.29) is 18.6 Å². The molecule has 7 heteroatoms. The third kappa shape index (κ3) is 4.06. The lowest BCUT2D eigenvalue weighted by atomic mass is 10.0. The van der Waals surface area contributed by atoms with Crippen LogP contribution in [0.25, 0.3) is 0 Å². The summed E-state index contributed by atoms with van der Waals surface area (Å²) in [6.07, 6.45) is 3.20. The normalized spacial score (nSPS) is 22.6. The van der Waals surface area contributed by atoms with Gasteiger partial charge in [0.1, 0.15) is 0 Å². The zero-order valence-electron chi connectivity index (χ0n) is 15.5. The molecule has 2 aromatic heterocycles. The SMILES string of the molecule is CCc1ccc(CN2CCc3c(C(=O)N[C@H]4COC[C@@H]4O)csc3C2)nc1. The molecule has 1 fully saturated rings. The molecule has 0 saturated carbocycles. The number of nitrogens with zero attached hydrogens (tertiary/aromatic N) is 2. The van der Waals surface area contributed by atoms with Gasteiger partial charge in [-0.05, 0) is 30.0 Å². The number of carbonyl (C=O) groups is 1. The number of aromatic nitrogens is 1. The van der Waals surface area contributed by atoms with Gasteiger partial charge >= 0.3 is 0 Å². The summed E-state index contributed by atoms with van der Waals surface area (Å²) >= 11 is 1.64. The third-order valence-electron chi connectivity index (χ3n) is 5.32. The maximum Gasteiger partial charge on any atom is 0.252 e. The summed E-state index contributed by atoms with van der Waals surface area (Å²) < 4.78 is 5.21. The standard InChI is InChI=1S/C20H25N3O3S/c1-2-13-3-4-14(21-7-13)8-23-6-5-15-16(12-27-19(15)9-23)20(25)22-17-10-26-11-18(17)24/h3-4,7,12,17-18,24H,2,5-6,8-11H2,1H3,(H,22,25)/t17-,18-/m0/s1. The molecule has 1 amide bonds. The first-order valence-electron chi connectivity index (χ1n) is 9.46. The van der Waals surface area contributed by atoms with E-state index in [1.165, 1.54) is 10.4 Å². The number of thiophene rings is 1. The number of amides is 1. The number of nitrogens with one attached hydrogen (secondary N) is 1. The molecule has 6 nitrogen and oxygen atoms in total. The van der Waals surface area contributed by atoms with Crippen molar-refractivity contribution in [1.82, 2.24) is 15.2 Å². The third-order valence-corrected chi connectivity index (χ3v) is 6.33. The molecule has 27 heavy (non-hydrogen) atoms. The molecule has 0 unspecified atom stereocenters. The zero-order chi connectivity index (χ0) is 18.8. The molecule has 2 N–H and O–H groups in total. The van der Waals surface area contributed by atoms with Crippen LogP contribution >= 0.6 is 11.3 Å². The Balaban J connectivity index is 1.40. The van der Waals surface area contributed by atoms with E-state index in [1.807, 2.05) is 11.6 Å². The molecule has 1 saturated heterocycles. The Morgan fingerprint density at radius 1 is 1.44 bits per heavy atom. The second-order valence-corrected chi connectivity index (χ2v) is 8.17. The number of hydrogen-bond donors (Lipinski definition) is 2. The number of hydrogen-bond acceptors (Lipinski definition) is 6. The van der Waals surface area contributed by atoms with E-state index in [1.54, 1.807) is 11.3 Å². The van der Waals surface area contributed by atoms with Gasteiger partial charge in [-0.3, -0.25) is 14.7 Å². The minimum Gasteiger partial charge on any atom is -0.388 e. The first-order chi connectivity index (χ1) is 13.1. The van der Waals surface area contributed by atoms with Gasteiger partial charge in [-0.2, -0.15) is 0 Å². The summed E-state index contributed by atoms with van der Waals surface area (Å²) in [6.45, 7) is 5.38. The molecule has 0 aromatic carbocycles. The van der Waals surface area contributed by atoms with Crippen molar-refractivity contribution in [3.05, 3.63) is 51.0 Å². The first kappa shape index (κ1) is 18.6. The van der Waals surface area contributed by atoms with Gasteiger partial charge in [0.2, 0.25) is 0 Å². The van der Waals surface area contributed by atoms with Crippen molar-refractivity contribution >= 4 is 17.2 Å². The van der Waals surface area contributed by atoms with Crippen LogP contribution in [0.5, 0.6) is 0 Å². The molecular formula is C20H25N3O3S. The lowest BCUT2D eigenvalue weighted by Crippen LogP contribution is -2.42. The Bertz CT molecular complexity index is 805. The average molecular weight is 388 g/mol. The highest BCUT2D eigenvalue weighted by Gasteiger charge is 2.30. The van der Waals surface area contributed by atoms with Crippen LogP contribution < -0.4 is 5.32 Å². The van der Waals surface area contributed by atoms with Gasteiger partial charge in [-0.25, -0.2) is 0 Å². The number of carbonyl (C=O) groups excluding carboxylic acids is 1. The molecule has 2 aromatic rings. The van der Waals surface area contributed by atoms with Crippen LogP contribution in [0.4, 0.5) is 0 Å². The fraction of sp³-hybridized carbons (Fsp3) is 0.500. The Morgan fingerprint density at radius 2 is 2.33 bits per heavy atom. The fourth-order valence-electron chi connectivity index (χ4n) is 3.62. The highest BCUT2D eigenvalue weighted by atomic mass is 32.1. The second-order valence-electron chi connectivity index (χ2n) is 7.21. The molecule has 0 aliphatic carbocycles. The zero-order valence-corrected chi connectivity index (χ0v) is 16.3. The molecule has 0 radical (unpaired) electrons. The molecule has 4 heterocycles. The van der Waals surface area contributed by atoms with Crippen LogP contribution in [0, 0.1) is 0 Å². The number of rotatable bonds is 5. The molecule has 0 bridgehead atoms. The van der Waals surface area contributed by atoms with Gasteiger partial charge in [0.05, 0.1) is 36.6 Å². The summed E-state index contributed by atoms with van der Waals surface area (Å²) in [5, 5.41) is 14.7. The largest absolute Gasteiger partial charge is 0.388 e. The van der Waals surface area contributed by atoms with E-state index in [0.717, 1.165) is 49.3 Å². The van der Waals surface area contributed by atoms with Crippen LogP contribution in [0.3, 0.4) is 0 Å². The summed E-state index contributed by atoms with van der Waals surface area (Å²) in [7, 11) is 0. The quantitative estimate of drug-likeness (QED) is 0.818. The smallest absolute Gasteiger partial charge is 0.252 e. The van der Waals surface area contributed by atoms with Gasteiger partial charge in [-0.15, -0.1) is 11.3 Å². The lowest BCUT2D eigenvalue weighted by molar-refractivity contribution is 0.0885.